The first-order chi connectivity index (χ1) is 6.38. The Balaban J connectivity index is 2.97. The van der Waals surface area contributed by atoms with Crippen molar-refractivity contribution in [3.63, 3.8) is 0 Å². The van der Waals surface area contributed by atoms with E-state index in [1.165, 1.54) is 0 Å². The number of terminal acetylenes is 1. The van der Waals surface area contributed by atoms with Gasteiger partial charge in [-0.15, -0.1) is 13.0 Å². The highest BCUT2D eigenvalue weighted by atomic mass is 13.9. The van der Waals surface area contributed by atoms with Crippen molar-refractivity contribution >= 4 is 0 Å². The van der Waals surface area contributed by atoms with Gasteiger partial charge in [0.2, 0.25) is 0 Å². The first-order valence-corrected chi connectivity index (χ1v) is 4.04. The normalized spacial score (nSPS) is 7.92. The van der Waals surface area contributed by atoms with Crippen molar-refractivity contribution < 1.29 is 0 Å². The van der Waals surface area contributed by atoms with Crippen LogP contribution >= 0.6 is 0 Å². The van der Waals surface area contributed by atoms with Crippen LogP contribution in [0.5, 0.6) is 0 Å². The smallest absolute Gasteiger partial charge is 0.0401 e. The number of rotatable bonds is 1. The second-order valence-corrected chi connectivity index (χ2v) is 2.48. The van der Waals surface area contributed by atoms with Gasteiger partial charge in [-0.3, -0.25) is 0 Å². The third-order valence-electron chi connectivity index (χ3n) is 1.55. The Bertz CT molecular complexity index is 394. The van der Waals surface area contributed by atoms with Crippen LogP contribution in [0.1, 0.15) is 17.5 Å². The SMILES string of the molecule is C#Cc1ccccc1C#CCC=C. The second kappa shape index (κ2) is 4.86. The molecule has 0 aromatic heterocycles. The standard InChI is InChI=1S/C13H10/c1-3-5-6-10-13-11-8-7-9-12(13)4-2/h2-3,7-9,11H,1,5H2. The van der Waals surface area contributed by atoms with Crippen LogP contribution in [0.15, 0.2) is 36.9 Å². The van der Waals surface area contributed by atoms with Gasteiger partial charge in [-0.1, -0.05) is 36.0 Å². The van der Waals surface area contributed by atoms with Crippen molar-refractivity contribution in [2.24, 2.45) is 0 Å². The van der Waals surface area contributed by atoms with Crippen molar-refractivity contribution in [3.05, 3.63) is 48.0 Å². The summed E-state index contributed by atoms with van der Waals surface area (Å²) in [6.45, 7) is 3.59. The summed E-state index contributed by atoms with van der Waals surface area (Å²) in [4.78, 5) is 0. The van der Waals surface area contributed by atoms with E-state index in [1.807, 2.05) is 24.3 Å². The molecule has 0 bridgehead atoms. The molecular weight excluding hydrogens is 156 g/mol. The van der Waals surface area contributed by atoms with E-state index in [4.69, 9.17) is 6.42 Å². The maximum atomic E-state index is 5.32. The minimum atomic E-state index is 0.693. The maximum absolute atomic E-state index is 5.32. The average molecular weight is 166 g/mol. The molecule has 0 heterocycles. The minimum absolute atomic E-state index is 0.693. The molecule has 0 saturated heterocycles. The Morgan fingerprint density at radius 1 is 1.31 bits per heavy atom. The van der Waals surface area contributed by atoms with Crippen molar-refractivity contribution in [3.8, 4) is 24.2 Å². The van der Waals surface area contributed by atoms with Gasteiger partial charge in [0.05, 0.1) is 0 Å². The number of hydrogen-bond acceptors (Lipinski definition) is 0. The quantitative estimate of drug-likeness (QED) is 0.444. The topological polar surface area (TPSA) is 0 Å². The zero-order chi connectivity index (χ0) is 9.52. The van der Waals surface area contributed by atoms with E-state index in [0.29, 0.717) is 6.42 Å². The molecule has 0 nitrogen and oxygen atoms in total. The maximum Gasteiger partial charge on any atom is 0.0401 e. The van der Waals surface area contributed by atoms with Crippen molar-refractivity contribution in [1.29, 1.82) is 0 Å². The van der Waals surface area contributed by atoms with Gasteiger partial charge in [0.25, 0.3) is 0 Å². The van der Waals surface area contributed by atoms with Gasteiger partial charge in [0, 0.05) is 17.5 Å². The van der Waals surface area contributed by atoms with Gasteiger partial charge in [0.1, 0.15) is 0 Å². The molecule has 0 N–H and O–H groups in total. The van der Waals surface area contributed by atoms with Crippen LogP contribution in [0.4, 0.5) is 0 Å². The molecule has 0 aliphatic carbocycles. The summed E-state index contributed by atoms with van der Waals surface area (Å²) in [5, 5.41) is 0. The largest absolute Gasteiger partial charge is 0.115 e. The van der Waals surface area contributed by atoms with E-state index in [2.05, 4.69) is 24.3 Å². The molecule has 0 heteroatoms. The summed E-state index contributed by atoms with van der Waals surface area (Å²) in [6, 6.07) is 7.65. The van der Waals surface area contributed by atoms with Gasteiger partial charge in [-0.25, -0.2) is 0 Å². The summed E-state index contributed by atoms with van der Waals surface area (Å²) >= 11 is 0. The Labute approximate surface area is 79.3 Å². The molecule has 62 valence electrons. The fraction of sp³-hybridized carbons (Fsp3) is 0.0769. The zero-order valence-electron chi connectivity index (χ0n) is 7.38. The van der Waals surface area contributed by atoms with Gasteiger partial charge >= 0.3 is 0 Å². The van der Waals surface area contributed by atoms with Crippen LogP contribution in [0, 0.1) is 24.2 Å². The predicted molar refractivity (Wildman–Crippen MR) is 56.1 cm³/mol. The van der Waals surface area contributed by atoms with Crippen molar-refractivity contribution in [2.45, 2.75) is 6.42 Å². The van der Waals surface area contributed by atoms with E-state index >= 15 is 0 Å². The van der Waals surface area contributed by atoms with Crippen LogP contribution in [0.3, 0.4) is 0 Å². The molecule has 0 aliphatic rings. The van der Waals surface area contributed by atoms with E-state index in [-0.39, 0.29) is 0 Å². The Hall–Kier alpha value is -1.92. The van der Waals surface area contributed by atoms with E-state index in [0.717, 1.165) is 11.1 Å². The monoisotopic (exact) mass is 166 g/mol. The van der Waals surface area contributed by atoms with Crippen molar-refractivity contribution in [1.82, 2.24) is 0 Å². The Morgan fingerprint density at radius 2 is 2.00 bits per heavy atom. The van der Waals surface area contributed by atoms with Crippen LogP contribution in [-0.4, -0.2) is 0 Å². The van der Waals surface area contributed by atoms with Crippen LogP contribution in [0.25, 0.3) is 0 Å². The highest BCUT2D eigenvalue weighted by molar-refractivity contribution is 5.49. The lowest BCUT2D eigenvalue weighted by atomic mass is 10.1. The van der Waals surface area contributed by atoms with E-state index < -0.39 is 0 Å². The summed E-state index contributed by atoms with van der Waals surface area (Å²) in [6.07, 6.45) is 7.78. The zero-order valence-corrected chi connectivity index (χ0v) is 7.38. The Morgan fingerprint density at radius 3 is 2.62 bits per heavy atom. The molecule has 1 aromatic carbocycles. The highest BCUT2D eigenvalue weighted by Gasteiger charge is 1.92. The molecule has 0 saturated carbocycles. The molecule has 1 rings (SSSR count). The van der Waals surface area contributed by atoms with Gasteiger partial charge < -0.3 is 0 Å². The Kier molecular flexibility index (Phi) is 3.43. The average Bonchev–Trinajstić information content (AvgIpc) is 2.19. The van der Waals surface area contributed by atoms with Gasteiger partial charge in [-0.2, -0.15) is 0 Å². The van der Waals surface area contributed by atoms with Crippen LogP contribution in [-0.2, 0) is 0 Å². The fourth-order valence-electron chi connectivity index (χ4n) is 0.936. The molecule has 1 aromatic rings. The minimum Gasteiger partial charge on any atom is -0.115 e. The predicted octanol–water partition coefficient (Wildman–Crippen LogP) is 2.60. The van der Waals surface area contributed by atoms with Gasteiger partial charge in [0.15, 0.2) is 0 Å². The molecule has 0 fully saturated rings. The summed E-state index contributed by atoms with van der Waals surface area (Å²) in [7, 11) is 0. The number of hydrogen-bond donors (Lipinski definition) is 0. The molecule has 0 unspecified atom stereocenters. The first-order valence-electron chi connectivity index (χ1n) is 4.04. The molecule has 0 radical (unpaired) electrons. The lowest BCUT2D eigenvalue weighted by molar-refractivity contribution is 1.48. The lowest BCUT2D eigenvalue weighted by Gasteiger charge is -1.93. The van der Waals surface area contributed by atoms with Crippen LogP contribution < -0.4 is 0 Å². The molecule has 0 amide bonds. The summed E-state index contributed by atoms with van der Waals surface area (Å²) < 4.78 is 0. The first kappa shape index (κ1) is 9.17. The number of benzene rings is 1. The molecular formula is C13H10. The van der Waals surface area contributed by atoms with Crippen LogP contribution in [0.2, 0.25) is 0 Å². The van der Waals surface area contributed by atoms with E-state index in [1.54, 1.807) is 6.08 Å². The molecule has 0 aliphatic heterocycles. The van der Waals surface area contributed by atoms with Crippen molar-refractivity contribution in [2.75, 3.05) is 0 Å². The molecule has 13 heavy (non-hydrogen) atoms. The number of allylic oxidation sites excluding steroid dienone is 1. The summed E-state index contributed by atoms with van der Waals surface area (Å²) in [5.74, 6) is 8.56. The third kappa shape index (κ3) is 2.55. The van der Waals surface area contributed by atoms with E-state index in [9.17, 15) is 0 Å². The highest BCUT2D eigenvalue weighted by Crippen LogP contribution is 2.04. The van der Waals surface area contributed by atoms with Gasteiger partial charge in [-0.05, 0) is 12.1 Å². The second-order valence-electron chi connectivity index (χ2n) is 2.48. The summed E-state index contributed by atoms with van der Waals surface area (Å²) in [5.41, 5.74) is 1.76. The molecule has 0 spiro atoms. The lowest BCUT2D eigenvalue weighted by Crippen LogP contribution is -1.80. The fourth-order valence-corrected chi connectivity index (χ4v) is 0.936. The molecule has 0 atom stereocenters. The third-order valence-corrected chi connectivity index (χ3v) is 1.55.